The van der Waals surface area contributed by atoms with Gasteiger partial charge < -0.3 is 26.8 Å². The number of allylic oxidation sites excluding steroid dienone is 3. The average molecular weight is 535 g/mol. The minimum Gasteiger partial charge on any atom is -0.494 e. The number of ether oxygens (including phenoxy) is 1. The maximum absolute atomic E-state index is 12.3. The highest BCUT2D eigenvalue weighted by Gasteiger charge is 2.09. The third kappa shape index (κ3) is 10.4. The number of nitrogens with two attached hydrogens (primary N) is 2. The minimum atomic E-state index is -0.216. The quantitative estimate of drug-likeness (QED) is 0.182. The van der Waals surface area contributed by atoms with E-state index in [2.05, 4.69) is 20.8 Å². The summed E-state index contributed by atoms with van der Waals surface area (Å²) in [5.41, 5.74) is 14.5. The first-order valence-electron chi connectivity index (χ1n) is 12.5. The largest absolute Gasteiger partial charge is 0.494 e. The van der Waals surface area contributed by atoms with Crippen LogP contribution in [0, 0.1) is 0 Å². The molecule has 0 unspecified atom stereocenters. The van der Waals surface area contributed by atoms with E-state index in [1.54, 1.807) is 12.2 Å². The number of unbranched alkanes of at least 4 members (excludes halogenated alkanes) is 1. The van der Waals surface area contributed by atoms with Crippen LogP contribution in [0.2, 0.25) is 0 Å². The maximum Gasteiger partial charge on any atom is 0.230 e. The Morgan fingerprint density at radius 3 is 2.50 bits per heavy atom. The molecule has 0 spiro atoms. The number of hydrogen-bond donors (Lipinski definition) is 4. The monoisotopic (exact) mass is 534 g/mol. The molecule has 10 heteroatoms. The number of aromatic nitrogens is 2. The molecule has 0 atom stereocenters. The van der Waals surface area contributed by atoms with Gasteiger partial charge in [0, 0.05) is 12.1 Å². The van der Waals surface area contributed by atoms with Crippen molar-refractivity contribution in [3.8, 4) is 5.75 Å². The number of aryl methyl sites for hydroxylation is 1. The summed E-state index contributed by atoms with van der Waals surface area (Å²) in [6, 6.07) is 17.0. The van der Waals surface area contributed by atoms with Gasteiger partial charge in [0.1, 0.15) is 16.6 Å². The number of amides is 2. The van der Waals surface area contributed by atoms with Gasteiger partial charge in [-0.25, -0.2) is 0 Å². The fraction of sp³-hybridized carbons (Fsp3) is 0.286. The van der Waals surface area contributed by atoms with Gasteiger partial charge in [-0.2, -0.15) is 0 Å². The Kier molecular flexibility index (Phi) is 11.3. The van der Waals surface area contributed by atoms with Crippen LogP contribution in [0.15, 0.2) is 78.3 Å². The average Bonchev–Trinajstić information content (AvgIpc) is 3.33. The third-order valence-electron chi connectivity index (χ3n) is 5.36. The van der Waals surface area contributed by atoms with Crippen molar-refractivity contribution in [3.05, 3.63) is 94.4 Å². The standard InChI is InChI=1S/C28H34N6O3S/c1-2-37-23-13-8-11-21(17-23)19-25(35)31-24(30)16-15-22(29)12-6-7-14-27-33-34-28(38-27)32-26(36)18-20-9-4-3-5-10-20/h3-5,8-11,13,15-17H,2,6-7,12,14,18-19,29-30H2,1H3,(H,31,35)(H,32,34,36)/b22-15-,24-16+. The van der Waals surface area contributed by atoms with Gasteiger partial charge in [0.2, 0.25) is 16.9 Å². The Morgan fingerprint density at radius 2 is 1.71 bits per heavy atom. The fourth-order valence-corrected chi connectivity index (χ4v) is 4.38. The molecule has 0 saturated heterocycles. The van der Waals surface area contributed by atoms with Crippen LogP contribution >= 0.6 is 11.3 Å². The number of carbonyl (C=O) groups excluding carboxylic acids is 2. The molecule has 2 aromatic carbocycles. The fourth-order valence-electron chi connectivity index (χ4n) is 3.58. The third-order valence-corrected chi connectivity index (χ3v) is 6.26. The molecular formula is C28H34N6O3S. The number of anilines is 1. The Hall–Kier alpha value is -4.18. The first kappa shape index (κ1) is 28.4. The van der Waals surface area contributed by atoms with Crippen LogP contribution in [0.4, 0.5) is 5.13 Å². The van der Waals surface area contributed by atoms with Gasteiger partial charge in [0.15, 0.2) is 0 Å². The summed E-state index contributed by atoms with van der Waals surface area (Å²) < 4.78 is 5.46. The lowest BCUT2D eigenvalue weighted by molar-refractivity contribution is -0.119. The SMILES string of the molecule is CCOc1cccc(CC(=O)N/C(N)=C/C=C(\N)CCCCc2nnc(NC(=O)Cc3ccccc3)s2)c1. The number of carbonyl (C=O) groups is 2. The first-order valence-corrected chi connectivity index (χ1v) is 13.3. The zero-order valence-corrected chi connectivity index (χ0v) is 22.3. The molecule has 6 N–H and O–H groups in total. The van der Waals surface area contributed by atoms with E-state index in [0.29, 0.717) is 30.3 Å². The van der Waals surface area contributed by atoms with E-state index < -0.39 is 0 Å². The summed E-state index contributed by atoms with van der Waals surface area (Å²) in [4.78, 5) is 24.4. The molecule has 0 aliphatic rings. The summed E-state index contributed by atoms with van der Waals surface area (Å²) >= 11 is 1.38. The van der Waals surface area contributed by atoms with E-state index in [1.165, 1.54) is 11.3 Å². The molecule has 0 bridgehead atoms. The smallest absolute Gasteiger partial charge is 0.230 e. The van der Waals surface area contributed by atoms with Gasteiger partial charge in [0.25, 0.3) is 0 Å². The molecule has 200 valence electrons. The highest BCUT2D eigenvalue weighted by Crippen LogP contribution is 2.18. The summed E-state index contributed by atoms with van der Waals surface area (Å²) in [5.74, 6) is 0.631. The van der Waals surface area contributed by atoms with Crippen LogP contribution in [-0.4, -0.2) is 28.6 Å². The molecule has 3 aromatic rings. The molecule has 0 radical (unpaired) electrons. The summed E-state index contributed by atoms with van der Waals surface area (Å²) in [6.45, 7) is 2.48. The highest BCUT2D eigenvalue weighted by molar-refractivity contribution is 7.15. The van der Waals surface area contributed by atoms with Crippen molar-refractivity contribution in [2.24, 2.45) is 11.5 Å². The Morgan fingerprint density at radius 1 is 0.947 bits per heavy atom. The Labute approximate surface area is 227 Å². The summed E-state index contributed by atoms with van der Waals surface area (Å²) in [7, 11) is 0. The van der Waals surface area contributed by atoms with Crippen LogP contribution in [0.5, 0.6) is 5.75 Å². The van der Waals surface area contributed by atoms with E-state index in [9.17, 15) is 9.59 Å². The predicted octanol–water partition coefficient (Wildman–Crippen LogP) is 3.83. The second-order valence-electron chi connectivity index (χ2n) is 8.59. The van der Waals surface area contributed by atoms with Gasteiger partial charge in [0.05, 0.1) is 19.4 Å². The Bertz CT molecular complexity index is 1260. The summed E-state index contributed by atoms with van der Waals surface area (Å²) in [5, 5.41) is 15.1. The van der Waals surface area contributed by atoms with Crippen molar-refractivity contribution in [2.45, 2.75) is 45.4 Å². The molecule has 1 heterocycles. The number of nitrogens with zero attached hydrogens (tertiary/aromatic N) is 2. The van der Waals surface area contributed by atoms with Crippen molar-refractivity contribution >= 4 is 28.3 Å². The van der Waals surface area contributed by atoms with E-state index >= 15 is 0 Å². The second-order valence-corrected chi connectivity index (χ2v) is 9.65. The number of benzene rings is 2. The van der Waals surface area contributed by atoms with Crippen LogP contribution in [0.3, 0.4) is 0 Å². The molecule has 9 nitrogen and oxygen atoms in total. The van der Waals surface area contributed by atoms with Crippen LogP contribution < -0.4 is 26.8 Å². The van der Waals surface area contributed by atoms with Gasteiger partial charge in [-0.15, -0.1) is 10.2 Å². The van der Waals surface area contributed by atoms with Gasteiger partial charge in [-0.3, -0.25) is 9.59 Å². The maximum atomic E-state index is 12.3. The van der Waals surface area contributed by atoms with E-state index in [-0.39, 0.29) is 24.1 Å². The van der Waals surface area contributed by atoms with Crippen molar-refractivity contribution in [1.29, 1.82) is 0 Å². The van der Waals surface area contributed by atoms with Crippen molar-refractivity contribution < 1.29 is 14.3 Å². The van der Waals surface area contributed by atoms with Crippen molar-refractivity contribution in [2.75, 3.05) is 11.9 Å². The molecule has 0 aliphatic heterocycles. The zero-order chi connectivity index (χ0) is 27.2. The van der Waals surface area contributed by atoms with Crippen molar-refractivity contribution in [1.82, 2.24) is 15.5 Å². The van der Waals surface area contributed by atoms with E-state index in [0.717, 1.165) is 41.1 Å². The highest BCUT2D eigenvalue weighted by atomic mass is 32.1. The van der Waals surface area contributed by atoms with Crippen molar-refractivity contribution in [3.63, 3.8) is 0 Å². The first-order chi connectivity index (χ1) is 18.4. The molecule has 0 saturated carbocycles. The molecule has 0 aliphatic carbocycles. The van der Waals surface area contributed by atoms with E-state index in [4.69, 9.17) is 16.2 Å². The number of nitrogens with one attached hydrogen (secondary N) is 2. The predicted molar refractivity (Wildman–Crippen MR) is 150 cm³/mol. The topological polar surface area (TPSA) is 145 Å². The second kappa shape index (κ2) is 15.2. The molecular weight excluding hydrogens is 500 g/mol. The van der Waals surface area contributed by atoms with Gasteiger partial charge in [-0.05, 0) is 61.6 Å². The number of rotatable bonds is 14. The minimum absolute atomic E-state index is 0.115. The van der Waals surface area contributed by atoms with Gasteiger partial charge in [-0.1, -0.05) is 53.8 Å². The molecule has 2 amide bonds. The normalized spacial score (nSPS) is 11.7. The van der Waals surface area contributed by atoms with Crippen LogP contribution in [-0.2, 0) is 28.9 Å². The lowest BCUT2D eigenvalue weighted by atomic mass is 10.1. The molecule has 1 aromatic heterocycles. The lowest BCUT2D eigenvalue weighted by Crippen LogP contribution is -2.28. The van der Waals surface area contributed by atoms with Crippen LogP contribution in [0.1, 0.15) is 42.3 Å². The van der Waals surface area contributed by atoms with E-state index in [1.807, 2.05) is 61.5 Å². The zero-order valence-electron chi connectivity index (χ0n) is 21.5. The summed E-state index contributed by atoms with van der Waals surface area (Å²) in [6.07, 6.45) is 6.95. The Balaban J connectivity index is 1.34. The molecule has 0 fully saturated rings. The van der Waals surface area contributed by atoms with Gasteiger partial charge >= 0.3 is 0 Å². The lowest BCUT2D eigenvalue weighted by Gasteiger charge is -2.07. The molecule has 38 heavy (non-hydrogen) atoms. The number of hydrogen-bond acceptors (Lipinski definition) is 8. The van der Waals surface area contributed by atoms with Crippen LogP contribution in [0.25, 0.3) is 0 Å². The molecule has 3 rings (SSSR count).